The third-order valence-electron chi connectivity index (χ3n) is 4.74. The van der Waals surface area contributed by atoms with Crippen molar-refractivity contribution in [3.8, 4) is 0 Å². The first kappa shape index (κ1) is 20.1. The number of carbonyl (C=O) groups excluding carboxylic acids is 1. The fourth-order valence-electron chi connectivity index (χ4n) is 3.36. The molecule has 1 saturated heterocycles. The van der Waals surface area contributed by atoms with E-state index in [1.54, 1.807) is 22.6 Å². The highest BCUT2D eigenvalue weighted by Gasteiger charge is 2.21. The molecule has 4 rings (SSSR count). The van der Waals surface area contributed by atoms with Crippen LogP contribution in [0.4, 0.5) is 11.7 Å². The number of aromatic nitrogens is 4. The second-order valence-electron chi connectivity index (χ2n) is 6.71. The van der Waals surface area contributed by atoms with Gasteiger partial charge in [0, 0.05) is 19.6 Å². The number of amides is 1. The second-order valence-corrected chi connectivity index (χ2v) is 7.94. The number of furan rings is 1. The first-order chi connectivity index (χ1) is 14.6. The highest BCUT2D eigenvalue weighted by Crippen LogP contribution is 2.29. The largest absolute Gasteiger partial charge is 0.433 e. The SMILES string of the molecule is CCSc1nc(N2CCCC2)c2cnn(CCNC(=O)c3ccc([N+](=O)[O-])o3)c2n1. The van der Waals surface area contributed by atoms with Gasteiger partial charge in [0.2, 0.25) is 0 Å². The molecule has 1 aliphatic heterocycles. The van der Waals surface area contributed by atoms with Crippen LogP contribution in [0.2, 0.25) is 0 Å². The Labute approximate surface area is 176 Å². The zero-order chi connectivity index (χ0) is 21.1. The van der Waals surface area contributed by atoms with Crippen LogP contribution in [0.3, 0.4) is 0 Å². The lowest BCUT2D eigenvalue weighted by atomic mass is 10.3. The van der Waals surface area contributed by atoms with E-state index in [-0.39, 0.29) is 12.3 Å². The minimum absolute atomic E-state index is 0.104. The number of fused-ring (bicyclic) bond motifs is 1. The highest BCUT2D eigenvalue weighted by atomic mass is 32.2. The van der Waals surface area contributed by atoms with Gasteiger partial charge in [0.1, 0.15) is 10.7 Å². The molecule has 12 heteroatoms. The maximum absolute atomic E-state index is 12.1. The lowest BCUT2D eigenvalue weighted by Crippen LogP contribution is -2.27. The molecule has 158 valence electrons. The van der Waals surface area contributed by atoms with Gasteiger partial charge in [0.05, 0.1) is 24.2 Å². The summed E-state index contributed by atoms with van der Waals surface area (Å²) in [6, 6.07) is 2.43. The fraction of sp³-hybridized carbons (Fsp3) is 0.444. The number of rotatable bonds is 8. The summed E-state index contributed by atoms with van der Waals surface area (Å²) < 4.78 is 6.66. The lowest BCUT2D eigenvalue weighted by Gasteiger charge is -2.17. The van der Waals surface area contributed by atoms with Gasteiger partial charge in [-0.2, -0.15) is 5.10 Å². The summed E-state index contributed by atoms with van der Waals surface area (Å²) in [5.41, 5.74) is 0.728. The molecule has 1 aliphatic rings. The summed E-state index contributed by atoms with van der Waals surface area (Å²) in [6.45, 7) is 4.66. The molecule has 3 aromatic heterocycles. The predicted molar refractivity (Wildman–Crippen MR) is 111 cm³/mol. The minimum Gasteiger partial charge on any atom is -0.395 e. The van der Waals surface area contributed by atoms with Gasteiger partial charge in [-0.3, -0.25) is 14.9 Å². The monoisotopic (exact) mass is 431 g/mol. The number of nitro groups is 1. The predicted octanol–water partition coefficient (Wildman–Crippen LogP) is 2.47. The van der Waals surface area contributed by atoms with Gasteiger partial charge in [0.15, 0.2) is 16.6 Å². The van der Waals surface area contributed by atoms with Crippen LogP contribution in [-0.4, -0.2) is 56.0 Å². The Balaban J connectivity index is 1.49. The van der Waals surface area contributed by atoms with Crippen molar-refractivity contribution in [2.75, 3.05) is 30.3 Å². The molecule has 1 amide bonds. The number of hydrogen-bond acceptors (Lipinski definition) is 9. The molecule has 4 heterocycles. The van der Waals surface area contributed by atoms with Gasteiger partial charge >= 0.3 is 5.88 Å². The highest BCUT2D eigenvalue weighted by molar-refractivity contribution is 7.99. The molecule has 1 N–H and O–H groups in total. The molecule has 30 heavy (non-hydrogen) atoms. The second kappa shape index (κ2) is 8.69. The van der Waals surface area contributed by atoms with Crippen molar-refractivity contribution in [1.82, 2.24) is 25.1 Å². The first-order valence-corrected chi connectivity index (χ1v) is 10.7. The quantitative estimate of drug-likeness (QED) is 0.247. The minimum atomic E-state index is -0.684. The molecule has 0 radical (unpaired) electrons. The lowest BCUT2D eigenvalue weighted by molar-refractivity contribution is -0.402. The molecule has 3 aromatic rings. The van der Waals surface area contributed by atoms with Crippen molar-refractivity contribution in [3.05, 3.63) is 34.2 Å². The Bertz CT molecular complexity index is 1070. The zero-order valence-corrected chi connectivity index (χ0v) is 17.2. The van der Waals surface area contributed by atoms with E-state index in [9.17, 15) is 14.9 Å². The molecule has 0 aliphatic carbocycles. The third-order valence-corrected chi connectivity index (χ3v) is 5.47. The van der Waals surface area contributed by atoms with Crippen LogP contribution in [0.25, 0.3) is 11.0 Å². The molecule has 0 bridgehead atoms. The summed E-state index contributed by atoms with van der Waals surface area (Å²) in [6.07, 6.45) is 4.06. The number of nitrogens with zero attached hydrogens (tertiary/aromatic N) is 6. The van der Waals surface area contributed by atoms with E-state index in [1.807, 2.05) is 0 Å². The van der Waals surface area contributed by atoms with Crippen LogP contribution >= 0.6 is 11.8 Å². The van der Waals surface area contributed by atoms with Gasteiger partial charge < -0.3 is 14.6 Å². The Morgan fingerprint density at radius 2 is 2.13 bits per heavy atom. The van der Waals surface area contributed by atoms with Crippen LogP contribution in [0.5, 0.6) is 0 Å². The van der Waals surface area contributed by atoms with Gasteiger partial charge in [0.25, 0.3) is 5.91 Å². The van der Waals surface area contributed by atoms with E-state index in [0.717, 1.165) is 54.6 Å². The van der Waals surface area contributed by atoms with E-state index in [4.69, 9.17) is 9.40 Å². The zero-order valence-electron chi connectivity index (χ0n) is 16.4. The van der Waals surface area contributed by atoms with Crippen LogP contribution in [0, 0.1) is 10.1 Å². The summed E-state index contributed by atoms with van der Waals surface area (Å²) in [4.78, 5) is 33.8. The van der Waals surface area contributed by atoms with Crippen molar-refractivity contribution in [3.63, 3.8) is 0 Å². The molecule has 0 spiro atoms. The van der Waals surface area contributed by atoms with E-state index < -0.39 is 16.7 Å². The van der Waals surface area contributed by atoms with Gasteiger partial charge in [-0.1, -0.05) is 18.7 Å². The van der Waals surface area contributed by atoms with Gasteiger partial charge in [-0.15, -0.1) is 0 Å². The molecule has 0 aromatic carbocycles. The normalized spacial score (nSPS) is 13.8. The average molecular weight is 431 g/mol. The van der Waals surface area contributed by atoms with E-state index in [1.165, 1.54) is 6.07 Å². The summed E-state index contributed by atoms with van der Waals surface area (Å²) >= 11 is 1.58. The Hall–Kier alpha value is -3.15. The number of anilines is 1. The number of nitrogens with one attached hydrogen (secondary N) is 1. The number of carbonyl (C=O) groups is 1. The Morgan fingerprint density at radius 3 is 2.83 bits per heavy atom. The van der Waals surface area contributed by atoms with E-state index in [0.29, 0.717) is 11.7 Å². The van der Waals surface area contributed by atoms with Crippen LogP contribution in [0.15, 0.2) is 27.9 Å². The van der Waals surface area contributed by atoms with Crippen molar-refractivity contribution in [2.24, 2.45) is 0 Å². The smallest absolute Gasteiger partial charge is 0.395 e. The average Bonchev–Trinajstić information content (AvgIpc) is 3.48. The summed E-state index contributed by atoms with van der Waals surface area (Å²) in [5, 5.41) is 19.4. The van der Waals surface area contributed by atoms with Crippen LogP contribution in [-0.2, 0) is 6.54 Å². The molecule has 0 unspecified atom stereocenters. The van der Waals surface area contributed by atoms with Crippen molar-refractivity contribution in [1.29, 1.82) is 0 Å². The van der Waals surface area contributed by atoms with Crippen LogP contribution in [0.1, 0.15) is 30.3 Å². The van der Waals surface area contributed by atoms with E-state index >= 15 is 0 Å². The maximum Gasteiger partial charge on any atom is 0.433 e. The van der Waals surface area contributed by atoms with Crippen molar-refractivity contribution < 1.29 is 14.1 Å². The molecular weight excluding hydrogens is 410 g/mol. The number of thioether (sulfide) groups is 1. The third kappa shape index (κ3) is 4.08. The standard InChI is InChI=1S/C18H21N7O4S/c1-2-30-18-21-15(23-8-3-4-9-23)12-11-20-24(16(12)22-18)10-7-19-17(26)13-5-6-14(29-13)25(27)28/h5-6,11H,2-4,7-10H2,1H3,(H,19,26). The van der Waals surface area contributed by atoms with Crippen molar-refractivity contribution in [2.45, 2.75) is 31.5 Å². The topological polar surface area (TPSA) is 132 Å². The van der Waals surface area contributed by atoms with Gasteiger partial charge in [-0.05, 0) is 24.7 Å². The molecular formula is C18H21N7O4S. The molecule has 0 saturated carbocycles. The first-order valence-electron chi connectivity index (χ1n) is 9.70. The molecule has 1 fully saturated rings. The maximum atomic E-state index is 12.1. The van der Waals surface area contributed by atoms with E-state index in [2.05, 4.69) is 27.2 Å². The van der Waals surface area contributed by atoms with Crippen LogP contribution < -0.4 is 10.2 Å². The van der Waals surface area contributed by atoms with Crippen molar-refractivity contribution >= 4 is 40.4 Å². The summed E-state index contributed by atoms with van der Waals surface area (Å²) in [7, 11) is 0. The fourth-order valence-corrected chi connectivity index (χ4v) is 3.92. The Morgan fingerprint density at radius 1 is 1.33 bits per heavy atom. The van der Waals surface area contributed by atoms with Gasteiger partial charge in [-0.25, -0.2) is 14.6 Å². The number of hydrogen-bond donors (Lipinski definition) is 1. The molecule has 11 nitrogen and oxygen atoms in total. The Kier molecular flexibility index (Phi) is 5.84. The molecule has 0 atom stereocenters. The summed E-state index contributed by atoms with van der Waals surface area (Å²) in [5.74, 6) is 0.683.